The molecule has 1 N–H and O–H groups in total. The number of halogens is 1. The Morgan fingerprint density at radius 3 is 2.83 bits per heavy atom. The molecule has 3 unspecified atom stereocenters. The van der Waals surface area contributed by atoms with Gasteiger partial charge in [0.05, 0.1) is 28.7 Å². The summed E-state index contributed by atoms with van der Waals surface area (Å²) < 4.78 is 6.50. The molecule has 0 saturated carbocycles. The Morgan fingerprint density at radius 2 is 2.08 bits per heavy atom. The van der Waals surface area contributed by atoms with E-state index in [0.717, 1.165) is 11.9 Å². The third kappa shape index (κ3) is 4.87. The largest absolute Gasteiger partial charge is 0.465 e. The van der Waals surface area contributed by atoms with Gasteiger partial charge in [-0.05, 0) is 37.8 Å². The first kappa shape index (κ1) is 28.8. The SMILES string of the molecule is C=CCCCOC(=O)[C@H]1[C@@H]2SC3(CC2Br)C(C(=O)N(CC=C)Cn2nnc4ccccc42)N(CCCO)C(=O)[C@H]13. The van der Waals surface area contributed by atoms with Gasteiger partial charge >= 0.3 is 5.97 Å². The van der Waals surface area contributed by atoms with Crippen LogP contribution in [0.4, 0.5) is 0 Å². The maximum absolute atomic E-state index is 14.5. The van der Waals surface area contributed by atoms with Crippen LogP contribution < -0.4 is 0 Å². The van der Waals surface area contributed by atoms with Crippen LogP contribution in [0.25, 0.3) is 11.0 Å². The molecule has 3 saturated heterocycles. The molecule has 3 fully saturated rings. The number of ether oxygens (including phenoxy) is 1. The lowest BCUT2D eigenvalue weighted by molar-refractivity contribution is -0.154. The van der Waals surface area contributed by atoms with Gasteiger partial charge < -0.3 is 19.6 Å². The Kier molecular flexibility index (Phi) is 8.67. The number of fused-ring (bicyclic) bond motifs is 2. The number of alkyl halides is 1. The number of thioether (sulfide) groups is 1. The normalized spacial score (nSPS) is 28.6. The van der Waals surface area contributed by atoms with E-state index in [4.69, 9.17) is 4.74 Å². The van der Waals surface area contributed by atoms with E-state index in [1.807, 2.05) is 24.3 Å². The van der Waals surface area contributed by atoms with Crippen molar-refractivity contribution in [2.75, 3.05) is 26.3 Å². The number of hydrogen-bond donors (Lipinski definition) is 1. The van der Waals surface area contributed by atoms with E-state index in [-0.39, 0.29) is 54.9 Å². The molecule has 6 atom stereocenters. The zero-order valence-electron chi connectivity index (χ0n) is 22.2. The van der Waals surface area contributed by atoms with Gasteiger partial charge in [-0.1, -0.05) is 45.4 Å². The number of likely N-dealkylation sites (tertiary alicyclic amines) is 1. The van der Waals surface area contributed by atoms with E-state index >= 15 is 0 Å². The average molecular weight is 633 g/mol. The van der Waals surface area contributed by atoms with Crippen molar-refractivity contribution in [3.05, 3.63) is 49.6 Å². The number of carbonyl (C=O) groups excluding carboxylic acids is 3. The number of aromatic nitrogens is 3. The molecule has 214 valence electrons. The zero-order valence-corrected chi connectivity index (χ0v) is 24.6. The van der Waals surface area contributed by atoms with Crippen LogP contribution in [0.5, 0.6) is 0 Å². The van der Waals surface area contributed by atoms with Gasteiger partial charge in [0.25, 0.3) is 0 Å². The summed E-state index contributed by atoms with van der Waals surface area (Å²) in [5.41, 5.74) is 1.50. The number of benzene rings is 1. The predicted octanol–water partition coefficient (Wildman–Crippen LogP) is 2.76. The van der Waals surface area contributed by atoms with Gasteiger partial charge in [0.15, 0.2) is 0 Å². The van der Waals surface area contributed by atoms with Gasteiger partial charge in [0.1, 0.15) is 18.2 Å². The Bertz CT molecular complexity index is 1300. The van der Waals surface area contributed by atoms with Crippen molar-refractivity contribution in [2.45, 2.75) is 53.2 Å². The van der Waals surface area contributed by atoms with Crippen LogP contribution in [0.1, 0.15) is 25.7 Å². The Morgan fingerprint density at radius 1 is 1.27 bits per heavy atom. The second kappa shape index (κ2) is 12.0. The summed E-state index contributed by atoms with van der Waals surface area (Å²) in [4.78, 5) is 45.1. The highest BCUT2D eigenvalue weighted by Crippen LogP contribution is 2.68. The standard InChI is InChI=1S/C28H34BrN5O5S/c1-3-5-8-15-39-27(38)21-22-25(36)33(13-9-14-35)24(28(22)16-18(29)23(21)40-28)26(37)32(12-4-2)17-34-20-11-7-6-10-19(20)30-31-34/h3-4,6-7,10-11,18,21-24,35H,1-2,5,8-9,12-17H2/t18?,21-,22+,23-,24?,28?/m1/s1. The van der Waals surface area contributed by atoms with Crippen molar-refractivity contribution in [1.82, 2.24) is 24.8 Å². The van der Waals surface area contributed by atoms with Gasteiger partial charge in [0.2, 0.25) is 11.8 Å². The number of para-hydroxylation sites is 1. The Labute approximate surface area is 245 Å². The number of hydrogen-bond acceptors (Lipinski definition) is 8. The van der Waals surface area contributed by atoms with Crippen LogP contribution in [-0.4, -0.2) is 94.9 Å². The van der Waals surface area contributed by atoms with Gasteiger partial charge in [-0.2, -0.15) is 0 Å². The molecular formula is C28H34BrN5O5S. The Balaban J connectivity index is 1.48. The quantitative estimate of drug-likeness (QED) is 0.155. The van der Waals surface area contributed by atoms with Crippen molar-refractivity contribution >= 4 is 56.5 Å². The lowest BCUT2D eigenvalue weighted by Gasteiger charge is -2.37. The molecule has 1 aromatic heterocycles. The van der Waals surface area contributed by atoms with E-state index in [1.165, 1.54) is 0 Å². The number of aliphatic hydroxyl groups excluding tert-OH is 1. The zero-order chi connectivity index (χ0) is 28.4. The number of rotatable bonds is 13. The topological polar surface area (TPSA) is 118 Å². The Hall–Kier alpha value is -2.70. The molecule has 0 aliphatic carbocycles. The maximum Gasteiger partial charge on any atom is 0.310 e. The summed E-state index contributed by atoms with van der Waals surface area (Å²) in [6.07, 6.45) is 5.72. The predicted molar refractivity (Wildman–Crippen MR) is 155 cm³/mol. The summed E-state index contributed by atoms with van der Waals surface area (Å²) in [7, 11) is 0. The van der Waals surface area contributed by atoms with Crippen LogP contribution in [0.2, 0.25) is 0 Å². The van der Waals surface area contributed by atoms with Crippen LogP contribution in [0.15, 0.2) is 49.6 Å². The number of nitrogens with zero attached hydrogens (tertiary/aromatic N) is 5. The molecule has 40 heavy (non-hydrogen) atoms. The van der Waals surface area contributed by atoms with Crippen molar-refractivity contribution < 1.29 is 24.2 Å². The number of esters is 1. The fraction of sp³-hybridized carbons (Fsp3) is 0.536. The lowest BCUT2D eigenvalue weighted by atomic mass is 9.71. The molecule has 4 heterocycles. The monoisotopic (exact) mass is 631 g/mol. The van der Waals surface area contributed by atoms with E-state index in [9.17, 15) is 19.5 Å². The van der Waals surface area contributed by atoms with Crippen LogP contribution >= 0.6 is 27.7 Å². The minimum atomic E-state index is -0.806. The number of carbonyl (C=O) groups is 3. The number of amides is 2. The molecule has 12 heteroatoms. The fourth-order valence-electron chi connectivity index (χ4n) is 6.39. The van der Waals surface area contributed by atoms with E-state index in [2.05, 4.69) is 39.4 Å². The number of aliphatic hydroxyl groups is 1. The first-order valence-electron chi connectivity index (χ1n) is 13.6. The highest BCUT2D eigenvalue weighted by Gasteiger charge is 2.76. The first-order chi connectivity index (χ1) is 19.4. The van der Waals surface area contributed by atoms with Crippen molar-refractivity contribution in [1.29, 1.82) is 0 Å². The lowest BCUT2D eigenvalue weighted by Crippen LogP contribution is -2.55. The third-order valence-corrected chi connectivity index (χ3v) is 11.3. The average Bonchev–Trinajstić information content (AvgIpc) is 3.66. The van der Waals surface area contributed by atoms with Gasteiger partial charge in [-0.25, -0.2) is 4.68 Å². The minimum Gasteiger partial charge on any atom is -0.465 e. The molecule has 2 aromatic rings. The summed E-state index contributed by atoms with van der Waals surface area (Å²) in [5, 5.41) is 17.9. The molecule has 2 amide bonds. The highest BCUT2D eigenvalue weighted by atomic mass is 79.9. The van der Waals surface area contributed by atoms with Crippen molar-refractivity contribution in [3.8, 4) is 0 Å². The molecule has 2 bridgehead atoms. The number of unbranched alkanes of at least 4 members (excludes halogenated alkanes) is 1. The van der Waals surface area contributed by atoms with Crippen LogP contribution in [0.3, 0.4) is 0 Å². The molecule has 1 aromatic carbocycles. The van der Waals surface area contributed by atoms with E-state index < -0.39 is 28.6 Å². The first-order valence-corrected chi connectivity index (χ1v) is 15.4. The van der Waals surface area contributed by atoms with Gasteiger partial charge in [-0.15, -0.1) is 30.0 Å². The van der Waals surface area contributed by atoms with E-state index in [1.54, 1.807) is 38.4 Å². The summed E-state index contributed by atoms with van der Waals surface area (Å²) in [6.45, 7) is 8.29. The van der Waals surface area contributed by atoms with Crippen LogP contribution in [0, 0.1) is 11.8 Å². The van der Waals surface area contributed by atoms with Crippen molar-refractivity contribution in [3.63, 3.8) is 0 Å². The third-order valence-electron chi connectivity index (χ3n) is 8.04. The molecule has 3 aliphatic heterocycles. The van der Waals surface area contributed by atoms with E-state index in [0.29, 0.717) is 24.8 Å². The second-order valence-corrected chi connectivity index (χ2v) is 13.2. The fourth-order valence-corrected chi connectivity index (χ4v) is 9.98. The molecule has 1 spiro atoms. The summed E-state index contributed by atoms with van der Waals surface area (Å²) in [5.74, 6) is -2.17. The maximum atomic E-state index is 14.5. The summed E-state index contributed by atoms with van der Waals surface area (Å²) >= 11 is 5.33. The minimum absolute atomic E-state index is 0.0486. The molecule has 3 aliphatic rings. The number of allylic oxidation sites excluding steroid dienone is 1. The molecule has 10 nitrogen and oxygen atoms in total. The summed E-state index contributed by atoms with van der Waals surface area (Å²) in [6, 6.07) is 6.71. The highest BCUT2D eigenvalue weighted by molar-refractivity contribution is 9.09. The molecule has 5 rings (SSSR count). The van der Waals surface area contributed by atoms with Crippen molar-refractivity contribution in [2.24, 2.45) is 11.8 Å². The molecule has 0 radical (unpaired) electrons. The van der Waals surface area contributed by atoms with Crippen LogP contribution in [-0.2, 0) is 25.8 Å². The smallest absolute Gasteiger partial charge is 0.310 e. The van der Waals surface area contributed by atoms with Gasteiger partial charge in [-0.3, -0.25) is 14.4 Å². The molecular weight excluding hydrogens is 598 g/mol. The second-order valence-electron chi connectivity index (χ2n) is 10.4. The van der Waals surface area contributed by atoms with Gasteiger partial charge in [0, 0.05) is 29.8 Å².